The van der Waals surface area contributed by atoms with Crippen LogP contribution >= 0.6 is 0 Å². The monoisotopic (exact) mass is 535 g/mol. The number of nitrogens with two attached hydrogens (primary N) is 3. The molecule has 0 aromatic heterocycles. The smallest absolute Gasteiger partial charge is 0.328 e. The molecule has 0 aliphatic heterocycles. The highest BCUT2D eigenvalue weighted by molar-refractivity contribution is 5.94. The van der Waals surface area contributed by atoms with Crippen LogP contribution in [0.2, 0.25) is 0 Å². The third-order valence-corrected chi connectivity index (χ3v) is 6.05. The Labute approximate surface area is 222 Å². The number of guanidine groups is 1. The average Bonchev–Trinajstić information content (AvgIpc) is 2.86. The first-order valence-corrected chi connectivity index (χ1v) is 12.5. The fourth-order valence-electron chi connectivity index (χ4n) is 3.60. The predicted molar refractivity (Wildman–Crippen MR) is 143 cm³/mol. The SMILES string of the molecule is CCC(C)C(NC(=O)C(CCCN=C(N)N)NC(=O)C(N)Cc1ccccc1)C(=O)NC(C(=O)O)C(C)O. The number of carboxylic acids is 1. The van der Waals surface area contributed by atoms with Gasteiger partial charge < -0.3 is 43.4 Å². The number of rotatable bonds is 16. The molecule has 3 amide bonds. The molecule has 1 aromatic rings. The number of aliphatic imine (C=N–C) groups is 1. The summed E-state index contributed by atoms with van der Waals surface area (Å²) in [5.41, 5.74) is 17.6. The van der Waals surface area contributed by atoms with Crippen LogP contribution in [-0.4, -0.2) is 76.7 Å². The number of amides is 3. The highest BCUT2D eigenvalue weighted by Gasteiger charge is 2.34. The number of aliphatic carboxylic acids is 1. The van der Waals surface area contributed by atoms with E-state index >= 15 is 0 Å². The van der Waals surface area contributed by atoms with Gasteiger partial charge in [-0.05, 0) is 37.7 Å². The summed E-state index contributed by atoms with van der Waals surface area (Å²) in [4.78, 5) is 54.4. The normalized spacial score (nSPS) is 15.6. The number of hydrogen-bond acceptors (Lipinski definition) is 7. The Morgan fingerprint density at radius 2 is 1.55 bits per heavy atom. The summed E-state index contributed by atoms with van der Waals surface area (Å²) in [5.74, 6) is -3.90. The van der Waals surface area contributed by atoms with Gasteiger partial charge in [0.25, 0.3) is 0 Å². The second kappa shape index (κ2) is 16.2. The number of aliphatic hydroxyl groups excluding tert-OH is 1. The van der Waals surface area contributed by atoms with E-state index < -0.39 is 54.0 Å². The average molecular weight is 536 g/mol. The van der Waals surface area contributed by atoms with Gasteiger partial charge in [-0.25, -0.2) is 4.79 Å². The zero-order chi connectivity index (χ0) is 28.8. The summed E-state index contributed by atoms with van der Waals surface area (Å²) in [6.45, 7) is 4.96. The van der Waals surface area contributed by atoms with E-state index in [-0.39, 0.29) is 31.3 Å². The van der Waals surface area contributed by atoms with Gasteiger partial charge in [-0.3, -0.25) is 19.4 Å². The van der Waals surface area contributed by atoms with Crippen molar-refractivity contribution in [3.8, 4) is 0 Å². The van der Waals surface area contributed by atoms with Gasteiger partial charge >= 0.3 is 5.97 Å². The highest BCUT2D eigenvalue weighted by atomic mass is 16.4. The van der Waals surface area contributed by atoms with Crippen LogP contribution in [0.3, 0.4) is 0 Å². The fraction of sp³-hybridized carbons (Fsp3) is 0.560. The zero-order valence-corrected chi connectivity index (χ0v) is 22.1. The summed E-state index contributed by atoms with van der Waals surface area (Å²) in [6, 6.07) is 4.49. The van der Waals surface area contributed by atoms with Crippen molar-refractivity contribution >= 4 is 29.7 Å². The lowest BCUT2D eigenvalue weighted by molar-refractivity contribution is -0.145. The molecule has 0 radical (unpaired) electrons. The Hall–Kier alpha value is -3.71. The Morgan fingerprint density at radius 3 is 2.08 bits per heavy atom. The molecule has 0 bridgehead atoms. The van der Waals surface area contributed by atoms with E-state index in [9.17, 15) is 29.4 Å². The lowest BCUT2D eigenvalue weighted by atomic mass is 9.96. The van der Waals surface area contributed by atoms with E-state index in [2.05, 4.69) is 20.9 Å². The molecule has 0 saturated carbocycles. The molecule has 0 saturated heterocycles. The Morgan fingerprint density at radius 1 is 0.947 bits per heavy atom. The summed E-state index contributed by atoms with van der Waals surface area (Å²) in [7, 11) is 0. The van der Waals surface area contributed by atoms with Gasteiger partial charge in [0.15, 0.2) is 12.0 Å². The quantitative estimate of drug-likeness (QED) is 0.0703. The minimum Gasteiger partial charge on any atom is -0.480 e. The minimum atomic E-state index is -1.56. The summed E-state index contributed by atoms with van der Waals surface area (Å²) >= 11 is 0. The van der Waals surface area contributed by atoms with Crippen LogP contribution in [-0.2, 0) is 25.6 Å². The number of aliphatic hydroxyl groups is 1. The van der Waals surface area contributed by atoms with Crippen molar-refractivity contribution in [2.24, 2.45) is 28.1 Å². The van der Waals surface area contributed by atoms with E-state index in [1.807, 2.05) is 30.3 Å². The van der Waals surface area contributed by atoms with Crippen LogP contribution in [0.15, 0.2) is 35.3 Å². The Bertz CT molecular complexity index is 953. The van der Waals surface area contributed by atoms with Gasteiger partial charge in [-0.2, -0.15) is 0 Å². The molecule has 0 spiro atoms. The number of nitrogens with zero attached hydrogens (tertiary/aromatic N) is 1. The van der Waals surface area contributed by atoms with E-state index in [4.69, 9.17) is 17.2 Å². The number of carboxylic acid groups (broad SMARTS) is 1. The summed E-state index contributed by atoms with van der Waals surface area (Å²) in [5, 5.41) is 26.6. The third-order valence-electron chi connectivity index (χ3n) is 6.05. The van der Waals surface area contributed by atoms with Crippen molar-refractivity contribution in [1.29, 1.82) is 0 Å². The van der Waals surface area contributed by atoms with Gasteiger partial charge in [0.05, 0.1) is 12.1 Å². The molecular weight excluding hydrogens is 494 g/mol. The number of carbonyl (C=O) groups is 4. The molecule has 0 aliphatic rings. The number of hydrogen-bond donors (Lipinski definition) is 8. The first-order valence-electron chi connectivity index (χ1n) is 12.5. The minimum absolute atomic E-state index is 0.112. The number of benzene rings is 1. The molecule has 0 fully saturated rings. The molecule has 13 nitrogen and oxygen atoms in total. The molecule has 1 rings (SSSR count). The second-order valence-electron chi connectivity index (χ2n) is 9.24. The molecule has 11 N–H and O–H groups in total. The predicted octanol–water partition coefficient (Wildman–Crippen LogP) is -1.42. The molecular formula is C25H41N7O6. The van der Waals surface area contributed by atoms with Crippen LogP contribution in [0.4, 0.5) is 0 Å². The Balaban J connectivity index is 3.05. The Kier molecular flexibility index (Phi) is 13.8. The van der Waals surface area contributed by atoms with Crippen LogP contribution in [0.5, 0.6) is 0 Å². The standard InChI is InChI=1S/C25H41N7O6/c1-4-14(2)19(23(36)32-20(15(3)33)24(37)38)31-22(35)18(11-8-12-29-25(27)28)30-21(34)17(26)13-16-9-6-5-7-10-16/h5-7,9-10,14-15,17-20,33H,4,8,11-13,26H2,1-3H3,(H,30,34)(H,31,35)(H,32,36)(H,37,38)(H4,27,28,29). The van der Waals surface area contributed by atoms with Gasteiger partial charge in [0.2, 0.25) is 17.7 Å². The molecule has 1 aromatic carbocycles. The van der Waals surface area contributed by atoms with Crippen LogP contribution in [0, 0.1) is 5.92 Å². The first kappa shape index (κ1) is 32.3. The molecule has 212 valence electrons. The number of carbonyl (C=O) groups excluding carboxylic acids is 3. The maximum atomic E-state index is 13.3. The molecule has 38 heavy (non-hydrogen) atoms. The number of nitrogens with one attached hydrogen (secondary N) is 3. The lowest BCUT2D eigenvalue weighted by Crippen LogP contribution is -2.59. The van der Waals surface area contributed by atoms with Crippen molar-refractivity contribution < 1.29 is 29.4 Å². The molecule has 6 atom stereocenters. The molecule has 0 aliphatic carbocycles. The fourth-order valence-corrected chi connectivity index (χ4v) is 3.60. The van der Waals surface area contributed by atoms with Crippen LogP contribution in [0.25, 0.3) is 0 Å². The summed E-state index contributed by atoms with van der Waals surface area (Å²) in [6.07, 6.45) is -0.143. The van der Waals surface area contributed by atoms with Crippen molar-refractivity contribution in [1.82, 2.24) is 16.0 Å². The zero-order valence-electron chi connectivity index (χ0n) is 22.1. The largest absolute Gasteiger partial charge is 0.480 e. The van der Waals surface area contributed by atoms with E-state index in [0.29, 0.717) is 12.8 Å². The van der Waals surface area contributed by atoms with Crippen molar-refractivity contribution in [2.45, 2.75) is 76.7 Å². The topological polar surface area (TPSA) is 235 Å². The maximum absolute atomic E-state index is 13.3. The molecule has 13 heteroatoms. The van der Waals surface area contributed by atoms with Gasteiger partial charge in [0.1, 0.15) is 12.1 Å². The third kappa shape index (κ3) is 11.1. The van der Waals surface area contributed by atoms with Crippen molar-refractivity contribution in [3.05, 3.63) is 35.9 Å². The first-order chi connectivity index (χ1) is 17.9. The van der Waals surface area contributed by atoms with Crippen LogP contribution in [0.1, 0.15) is 45.6 Å². The van der Waals surface area contributed by atoms with Gasteiger partial charge in [-0.1, -0.05) is 50.6 Å². The molecule has 6 unspecified atom stereocenters. The van der Waals surface area contributed by atoms with E-state index in [1.54, 1.807) is 13.8 Å². The van der Waals surface area contributed by atoms with E-state index in [0.717, 1.165) is 5.56 Å². The van der Waals surface area contributed by atoms with Crippen LogP contribution < -0.4 is 33.2 Å². The van der Waals surface area contributed by atoms with Crippen molar-refractivity contribution in [3.63, 3.8) is 0 Å². The molecule has 0 heterocycles. The second-order valence-corrected chi connectivity index (χ2v) is 9.24. The van der Waals surface area contributed by atoms with Gasteiger partial charge in [0, 0.05) is 6.54 Å². The summed E-state index contributed by atoms with van der Waals surface area (Å²) < 4.78 is 0. The van der Waals surface area contributed by atoms with E-state index in [1.165, 1.54) is 6.92 Å². The van der Waals surface area contributed by atoms with Crippen molar-refractivity contribution in [2.75, 3.05) is 6.54 Å². The highest BCUT2D eigenvalue weighted by Crippen LogP contribution is 2.11. The van der Waals surface area contributed by atoms with Gasteiger partial charge in [-0.15, -0.1) is 0 Å². The maximum Gasteiger partial charge on any atom is 0.328 e. The lowest BCUT2D eigenvalue weighted by Gasteiger charge is -2.28.